The molecule has 0 spiro atoms. The molecule has 2 N–H and O–H groups in total. The van der Waals surface area contributed by atoms with E-state index in [-0.39, 0.29) is 39.3 Å². The average molecular weight is 262 g/mol. The molecule has 0 radical (unpaired) electrons. The van der Waals surface area contributed by atoms with Gasteiger partial charge in [-0.2, -0.15) is 0 Å². The van der Waals surface area contributed by atoms with Crippen molar-refractivity contribution in [3.05, 3.63) is 0 Å². The summed E-state index contributed by atoms with van der Waals surface area (Å²) in [5.41, 5.74) is 0. The van der Waals surface area contributed by atoms with Crippen LogP contribution < -0.4 is 0 Å². The molecular formula is C12H22O6. The number of unbranched alkanes of at least 4 members (excludes halogenated alkanes) is 2. The first-order valence-electron chi connectivity index (χ1n) is 6.23. The molecular weight excluding hydrogens is 240 g/mol. The number of hydrogen-bond donors (Lipinski definition) is 2. The molecule has 6 heteroatoms. The molecule has 0 aliphatic heterocycles. The van der Waals surface area contributed by atoms with Crippen LogP contribution in [0, 0.1) is 0 Å². The number of carbonyl (C=O) groups is 2. The lowest BCUT2D eigenvalue weighted by Crippen LogP contribution is -2.11. The van der Waals surface area contributed by atoms with Gasteiger partial charge in [0.1, 0.15) is 0 Å². The standard InChI is InChI=1S/C12H22O6/c13-7-1-3-9-17-11(15)5-6-12(16)18-10-4-2-8-14/h13-14H,1-10H2. The summed E-state index contributed by atoms with van der Waals surface area (Å²) in [7, 11) is 0. The lowest BCUT2D eigenvalue weighted by Gasteiger charge is -2.05. The second kappa shape index (κ2) is 12.3. The molecule has 0 atom stereocenters. The third kappa shape index (κ3) is 11.3. The van der Waals surface area contributed by atoms with E-state index in [1.165, 1.54) is 0 Å². The summed E-state index contributed by atoms with van der Waals surface area (Å²) in [6, 6.07) is 0. The average Bonchev–Trinajstić information content (AvgIpc) is 2.37. The van der Waals surface area contributed by atoms with Crippen LogP contribution in [0.4, 0.5) is 0 Å². The van der Waals surface area contributed by atoms with Crippen LogP contribution in [0.15, 0.2) is 0 Å². The Bertz CT molecular complexity index is 205. The third-order valence-electron chi connectivity index (χ3n) is 2.16. The maximum absolute atomic E-state index is 11.2. The van der Waals surface area contributed by atoms with Crippen LogP contribution >= 0.6 is 0 Å². The number of carbonyl (C=O) groups excluding carboxylic acids is 2. The fourth-order valence-corrected chi connectivity index (χ4v) is 1.15. The molecule has 6 nitrogen and oxygen atoms in total. The van der Waals surface area contributed by atoms with E-state index in [1.54, 1.807) is 0 Å². The molecule has 0 saturated carbocycles. The van der Waals surface area contributed by atoms with Gasteiger partial charge >= 0.3 is 11.9 Å². The minimum atomic E-state index is -0.430. The van der Waals surface area contributed by atoms with Crippen LogP contribution in [0.25, 0.3) is 0 Å². The lowest BCUT2D eigenvalue weighted by atomic mass is 10.3. The van der Waals surface area contributed by atoms with Gasteiger partial charge in [-0.15, -0.1) is 0 Å². The Kier molecular flexibility index (Phi) is 11.5. The number of ether oxygens (including phenoxy) is 2. The largest absolute Gasteiger partial charge is 0.466 e. The van der Waals surface area contributed by atoms with Crippen molar-refractivity contribution in [1.82, 2.24) is 0 Å². The molecule has 0 aromatic heterocycles. The molecule has 0 saturated heterocycles. The second-order valence-corrected chi connectivity index (χ2v) is 3.80. The Morgan fingerprint density at radius 3 is 1.44 bits per heavy atom. The van der Waals surface area contributed by atoms with Crippen molar-refractivity contribution in [3.8, 4) is 0 Å². The summed E-state index contributed by atoms with van der Waals surface area (Å²) in [6.07, 6.45) is 2.46. The van der Waals surface area contributed by atoms with Crippen LogP contribution in [-0.4, -0.2) is 48.6 Å². The smallest absolute Gasteiger partial charge is 0.306 e. The zero-order valence-electron chi connectivity index (χ0n) is 10.6. The molecule has 0 fully saturated rings. The Labute approximate surface area is 107 Å². The zero-order valence-corrected chi connectivity index (χ0v) is 10.6. The van der Waals surface area contributed by atoms with Crippen molar-refractivity contribution in [3.63, 3.8) is 0 Å². The van der Waals surface area contributed by atoms with Crippen LogP contribution in [0.3, 0.4) is 0 Å². The highest BCUT2D eigenvalue weighted by Crippen LogP contribution is 1.99. The van der Waals surface area contributed by atoms with E-state index in [1.807, 2.05) is 0 Å². The topological polar surface area (TPSA) is 93.1 Å². The highest BCUT2D eigenvalue weighted by Gasteiger charge is 2.08. The third-order valence-corrected chi connectivity index (χ3v) is 2.16. The van der Waals surface area contributed by atoms with Gasteiger partial charge in [0, 0.05) is 13.2 Å². The predicted octanol–water partition coefficient (Wildman–Crippen LogP) is 0.398. The van der Waals surface area contributed by atoms with E-state index < -0.39 is 11.9 Å². The fourth-order valence-electron chi connectivity index (χ4n) is 1.15. The van der Waals surface area contributed by atoms with Crippen molar-refractivity contribution in [1.29, 1.82) is 0 Å². The van der Waals surface area contributed by atoms with Crippen molar-refractivity contribution in [2.45, 2.75) is 38.5 Å². The highest BCUT2D eigenvalue weighted by atomic mass is 16.5. The van der Waals surface area contributed by atoms with Gasteiger partial charge in [0.2, 0.25) is 0 Å². The Balaban J connectivity index is 3.39. The summed E-state index contributed by atoms with van der Waals surface area (Å²) in [5.74, 6) is -0.861. The molecule has 0 aromatic rings. The number of hydrogen-bond acceptors (Lipinski definition) is 6. The molecule has 106 valence electrons. The Hall–Kier alpha value is -1.14. The van der Waals surface area contributed by atoms with E-state index in [4.69, 9.17) is 19.7 Å². The van der Waals surface area contributed by atoms with E-state index in [2.05, 4.69) is 0 Å². The first kappa shape index (κ1) is 16.9. The quantitative estimate of drug-likeness (QED) is 0.413. The van der Waals surface area contributed by atoms with Crippen molar-refractivity contribution < 1.29 is 29.3 Å². The predicted molar refractivity (Wildman–Crippen MR) is 63.8 cm³/mol. The molecule has 0 aliphatic carbocycles. The first-order valence-corrected chi connectivity index (χ1v) is 6.23. The van der Waals surface area contributed by atoms with E-state index >= 15 is 0 Å². The van der Waals surface area contributed by atoms with Crippen molar-refractivity contribution >= 4 is 11.9 Å². The number of rotatable bonds is 11. The summed E-state index contributed by atoms with van der Waals surface area (Å²) in [6.45, 7) is 0.700. The van der Waals surface area contributed by atoms with E-state index in [0.29, 0.717) is 25.7 Å². The summed E-state index contributed by atoms with van der Waals surface area (Å²) >= 11 is 0. The number of aliphatic hydroxyl groups excluding tert-OH is 2. The number of esters is 2. The van der Waals surface area contributed by atoms with Crippen LogP contribution in [0.1, 0.15) is 38.5 Å². The van der Waals surface area contributed by atoms with E-state index in [0.717, 1.165) is 0 Å². The van der Waals surface area contributed by atoms with Gasteiger partial charge in [0.15, 0.2) is 0 Å². The maximum atomic E-state index is 11.2. The Morgan fingerprint density at radius 2 is 1.11 bits per heavy atom. The maximum Gasteiger partial charge on any atom is 0.306 e. The van der Waals surface area contributed by atoms with Crippen molar-refractivity contribution in [2.24, 2.45) is 0 Å². The molecule has 18 heavy (non-hydrogen) atoms. The highest BCUT2D eigenvalue weighted by molar-refractivity contribution is 5.77. The monoisotopic (exact) mass is 262 g/mol. The SMILES string of the molecule is O=C(CCC(=O)OCCCCO)OCCCCO. The van der Waals surface area contributed by atoms with Gasteiger partial charge < -0.3 is 19.7 Å². The van der Waals surface area contributed by atoms with Gasteiger partial charge in [0.05, 0.1) is 26.1 Å². The van der Waals surface area contributed by atoms with Gasteiger partial charge in [0.25, 0.3) is 0 Å². The fraction of sp³-hybridized carbons (Fsp3) is 0.833. The minimum absolute atomic E-state index is 0.0119. The summed E-state index contributed by atoms with van der Waals surface area (Å²) in [4.78, 5) is 22.3. The Morgan fingerprint density at radius 1 is 0.722 bits per heavy atom. The van der Waals surface area contributed by atoms with Crippen LogP contribution in [0.5, 0.6) is 0 Å². The van der Waals surface area contributed by atoms with Crippen LogP contribution in [-0.2, 0) is 19.1 Å². The second-order valence-electron chi connectivity index (χ2n) is 3.80. The summed E-state index contributed by atoms with van der Waals surface area (Å²) < 4.78 is 9.69. The lowest BCUT2D eigenvalue weighted by molar-refractivity contribution is -0.150. The van der Waals surface area contributed by atoms with Gasteiger partial charge in [-0.3, -0.25) is 9.59 Å². The minimum Gasteiger partial charge on any atom is -0.466 e. The van der Waals surface area contributed by atoms with Crippen LogP contribution in [0.2, 0.25) is 0 Å². The molecule has 0 aromatic carbocycles. The van der Waals surface area contributed by atoms with E-state index in [9.17, 15) is 9.59 Å². The molecule has 0 heterocycles. The summed E-state index contributed by atoms with van der Waals surface area (Å²) in [5, 5.41) is 17.0. The number of aliphatic hydroxyl groups is 2. The molecule has 0 amide bonds. The van der Waals surface area contributed by atoms with Gasteiger partial charge in [-0.1, -0.05) is 0 Å². The van der Waals surface area contributed by atoms with Crippen molar-refractivity contribution in [2.75, 3.05) is 26.4 Å². The molecule has 0 rings (SSSR count). The van der Waals surface area contributed by atoms with Gasteiger partial charge in [-0.05, 0) is 25.7 Å². The molecule has 0 unspecified atom stereocenters. The molecule has 0 bridgehead atoms. The first-order chi connectivity index (χ1) is 8.70. The van der Waals surface area contributed by atoms with Gasteiger partial charge in [-0.25, -0.2) is 0 Å². The molecule has 0 aliphatic rings. The zero-order chi connectivity index (χ0) is 13.6. The normalized spacial score (nSPS) is 10.1.